The summed E-state index contributed by atoms with van der Waals surface area (Å²) >= 11 is 6.44. The number of amides is 2. The molecule has 3 aliphatic rings. The van der Waals surface area contributed by atoms with E-state index >= 15 is 0 Å². The zero-order chi connectivity index (χ0) is 21.8. The summed E-state index contributed by atoms with van der Waals surface area (Å²) in [5.74, 6) is 0.594. The fourth-order valence-corrected chi connectivity index (χ4v) is 5.46. The third kappa shape index (κ3) is 5.61. The molecular weight excluding hydrogens is 410 g/mol. The Balaban J connectivity index is 1.31. The Hall–Kier alpha value is -1.59. The SMILES string of the molecule is CC(c1ccccc1Cl)N(CC(=O)N1CCC(C(=O)N2CCCCCC2)CC1)C1CC1. The Kier molecular flexibility index (Phi) is 7.55. The fraction of sp³-hybridized carbons (Fsp3) is 0.680. The normalized spacial score (nSPS) is 21.8. The molecule has 0 radical (unpaired) electrons. The van der Waals surface area contributed by atoms with Gasteiger partial charge in [0.25, 0.3) is 0 Å². The minimum absolute atomic E-state index is 0.0868. The fourth-order valence-electron chi connectivity index (χ4n) is 5.16. The number of carbonyl (C=O) groups excluding carboxylic acids is 2. The van der Waals surface area contributed by atoms with Crippen molar-refractivity contribution in [1.82, 2.24) is 14.7 Å². The van der Waals surface area contributed by atoms with Crippen molar-refractivity contribution in [2.24, 2.45) is 5.92 Å². The molecule has 0 aromatic heterocycles. The summed E-state index contributed by atoms with van der Waals surface area (Å²) in [6, 6.07) is 8.53. The van der Waals surface area contributed by atoms with Crippen molar-refractivity contribution in [1.29, 1.82) is 0 Å². The second-order valence-electron chi connectivity index (χ2n) is 9.50. The molecule has 2 amide bonds. The second-order valence-corrected chi connectivity index (χ2v) is 9.90. The number of nitrogens with zero attached hydrogens (tertiary/aromatic N) is 3. The summed E-state index contributed by atoms with van der Waals surface area (Å²) in [4.78, 5) is 32.4. The quantitative estimate of drug-likeness (QED) is 0.647. The van der Waals surface area contributed by atoms with Crippen molar-refractivity contribution in [3.8, 4) is 0 Å². The van der Waals surface area contributed by atoms with Crippen LogP contribution in [0.3, 0.4) is 0 Å². The van der Waals surface area contributed by atoms with E-state index in [0.29, 0.717) is 31.6 Å². The molecule has 1 aromatic rings. The Bertz CT molecular complexity index is 766. The number of carbonyl (C=O) groups is 2. The largest absolute Gasteiger partial charge is 0.342 e. The van der Waals surface area contributed by atoms with Gasteiger partial charge >= 0.3 is 0 Å². The summed E-state index contributed by atoms with van der Waals surface area (Å²) in [5.41, 5.74) is 1.09. The molecule has 0 N–H and O–H groups in total. The van der Waals surface area contributed by atoms with Crippen molar-refractivity contribution in [2.75, 3.05) is 32.7 Å². The number of rotatable bonds is 6. The van der Waals surface area contributed by atoms with Gasteiger partial charge in [-0.25, -0.2) is 0 Å². The lowest BCUT2D eigenvalue weighted by Gasteiger charge is -2.36. The molecule has 1 saturated carbocycles. The van der Waals surface area contributed by atoms with Crippen LogP contribution in [0, 0.1) is 5.92 Å². The third-order valence-electron chi connectivity index (χ3n) is 7.30. The molecule has 5 nitrogen and oxygen atoms in total. The maximum Gasteiger partial charge on any atom is 0.236 e. The van der Waals surface area contributed by atoms with E-state index in [-0.39, 0.29) is 17.9 Å². The van der Waals surface area contributed by atoms with E-state index in [9.17, 15) is 9.59 Å². The van der Waals surface area contributed by atoms with Crippen LogP contribution in [0.1, 0.15) is 69.9 Å². The molecule has 4 rings (SSSR count). The topological polar surface area (TPSA) is 43.9 Å². The first-order valence-corrected chi connectivity index (χ1v) is 12.5. The van der Waals surface area contributed by atoms with Crippen LogP contribution in [0.2, 0.25) is 5.02 Å². The minimum Gasteiger partial charge on any atom is -0.342 e. The Morgan fingerprint density at radius 3 is 2.23 bits per heavy atom. The Labute approximate surface area is 191 Å². The van der Waals surface area contributed by atoms with Gasteiger partial charge in [-0.15, -0.1) is 0 Å². The molecule has 6 heteroatoms. The van der Waals surface area contributed by atoms with E-state index < -0.39 is 0 Å². The minimum atomic E-state index is 0.0868. The highest BCUT2D eigenvalue weighted by atomic mass is 35.5. The van der Waals surface area contributed by atoms with Crippen molar-refractivity contribution < 1.29 is 9.59 Å². The van der Waals surface area contributed by atoms with E-state index in [0.717, 1.165) is 62.2 Å². The van der Waals surface area contributed by atoms with E-state index in [2.05, 4.69) is 22.8 Å². The Morgan fingerprint density at radius 2 is 1.61 bits per heavy atom. The van der Waals surface area contributed by atoms with Gasteiger partial charge in [-0.05, 0) is 57.1 Å². The van der Waals surface area contributed by atoms with Gasteiger partial charge in [0.15, 0.2) is 0 Å². The van der Waals surface area contributed by atoms with Crippen LogP contribution in [0.5, 0.6) is 0 Å². The predicted molar refractivity (Wildman–Crippen MR) is 124 cm³/mol. The lowest BCUT2D eigenvalue weighted by atomic mass is 9.95. The van der Waals surface area contributed by atoms with E-state index in [1.807, 2.05) is 23.1 Å². The zero-order valence-corrected chi connectivity index (χ0v) is 19.5. The Morgan fingerprint density at radius 1 is 0.968 bits per heavy atom. The average Bonchev–Trinajstić information content (AvgIpc) is 3.64. The van der Waals surface area contributed by atoms with Crippen LogP contribution in [-0.2, 0) is 9.59 Å². The summed E-state index contributed by atoms with van der Waals surface area (Å²) in [6.45, 7) is 5.80. The van der Waals surface area contributed by atoms with Gasteiger partial charge in [0.2, 0.25) is 11.8 Å². The standard InChI is InChI=1S/C25H36ClN3O2/c1-19(22-8-4-5-9-23(22)26)29(21-10-11-21)18-24(30)27-16-12-20(13-17-27)25(31)28-14-6-2-3-7-15-28/h4-5,8-9,19-21H,2-3,6-7,10-18H2,1H3. The molecule has 0 spiro atoms. The van der Waals surface area contributed by atoms with Crippen LogP contribution < -0.4 is 0 Å². The smallest absolute Gasteiger partial charge is 0.236 e. The lowest BCUT2D eigenvalue weighted by Crippen LogP contribution is -2.48. The van der Waals surface area contributed by atoms with Crippen LogP contribution in [-0.4, -0.2) is 65.3 Å². The molecule has 3 fully saturated rings. The number of benzene rings is 1. The van der Waals surface area contributed by atoms with Crippen molar-refractivity contribution in [2.45, 2.75) is 70.4 Å². The summed E-state index contributed by atoms with van der Waals surface area (Å²) in [7, 11) is 0. The van der Waals surface area contributed by atoms with Gasteiger partial charge in [-0.1, -0.05) is 42.6 Å². The zero-order valence-electron chi connectivity index (χ0n) is 18.8. The van der Waals surface area contributed by atoms with Crippen molar-refractivity contribution in [3.05, 3.63) is 34.9 Å². The molecule has 2 aliphatic heterocycles. The van der Waals surface area contributed by atoms with Gasteiger partial charge in [0.1, 0.15) is 0 Å². The molecule has 2 heterocycles. The number of likely N-dealkylation sites (tertiary alicyclic amines) is 2. The number of piperidine rings is 1. The molecular formula is C25H36ClN3O2. The molecule has 1 unspecified atom stereocenters. The highest BCUT2D eigenvalue weighted by Crippen LogP contribution is 2.36. The molecule has 1 aromatic carbocycles. The first-order valence-electron chi connectivity index (χ1n) is 12.1. The van der Waals surface area contributed by atoms with Crippen LogP contribution in [0.15, 0.2) is 24.3 Å². The summed E-state index contributed by atoms with van der Waals surface area (Å²) in [5, 5.41) is 0.765. The maximum absolute atomic E-state index is 13.1. The third-order valence-corrected chi connectivity index (χ3v) is 7.65. The molecule has 170 valence electrons. The molecule has 1 atom stereocenters. The first kappa shape index (κ1) is 22.6. The number of hydrogen-bond acceptors (Lipinski definition) is 3. The number of hydrogen-bond donors (Lipinski definition) is 0. The van der Waals surface area contributed by atoms with Crippen LogP contribution in [0.4, 0.5) is 0 Å². The lowest BCUT2D eigenvalue weighted by molar-refractivity contribution is -0.141. The molecule has 2 saturated heterocycles. The molecule has 1 aliphatic carbocycles. The van der Waals surface area contributed by atoms with Gasteiger partial charge in [0, 0.05) is 49.2 Å². The van der Waals surface area contributed by atoms with E-state index in [4.69, 9.17) is 11.6 Å². The highest BCUT2D eigenvalue weighted by Gasteiger charge is 2.36. The predicted octanol–water partition coefficient (Wildman–Crippen LogP) is 4.51. The van der Waals surface area contributed by atoms with Crippen LogP contribution >= 0.6 is 11.6 Å². The summed E-state index contributed by atoms with van der Waals surface area (Å²) < 4.78 is 0. The van der Waals surface area contributed by atoms with Crippen molar-refractivity contribution in [3.63, 3.8) is 0 Å². The monoisotopic (exact) mass is 445 g/mol. The van der Waals surface area contributed by atoms with Crippen molar-refractivity contribution >= 4 is 23.4 Å². The molecule has 31 heavy (non-hydrogen) atoms. The highest BCUT2D eigenvalue weighted by molar-refractivity contribution is 6.31. The van der Waals surface area contributed by atoms with Gasteiger partial charge in [-0.2, -0.15) is 0 Å². The van der Waals surface area contributed by atoms with E-state index in [1.165, 1.54) is 12.8 Å². The maximum atomic E-state index is 13.1. The second kappa shape index (κ2) is 10.4. The van der Waals surface area contributed by atoms with Gasteiger partial charge in [-0.3, -0.25) is 14.5 Å². The number of halogens is 1. The van der Waals surface area contributed by atoms with Gasteiger partial charge < -0.3 is 9.80 Å². The van der Waals surface area contributed by atoms with E-state index in [1.54, 1.807) is 0 Å². The van der Waals surface area contributed by atoms with Crippen LogP contribution in [0.25, 0.3) is 0 Å². The molecule has 0 bridgehead atoms. The average molecular weight is 446 g/mol. The van der Waals surface area contributed by atoms with Gasteiger partial charge in [0.05, 0.1) is 6.54 Å². The first-order chi connectivity index (χ1) is 15.0. The summed E-state index contributed by atoms with van der Waals surface area (Å²) in [6.07, 6.45) is 8.62.